The van der Waals surface area contributed by atoms with Gasteiger partial charge in [0.2, 0.25) is 0 Å². The number of aliphatic hydroxyl groups is 1. The van der Waals surface area contributed by atoms with Crippen LogP contribution in [0.1, 0.15) is 51.4 Å². The van der Waals surface area contributed by atoms with Gasteiger partial charge in [0.15, 0.2) is 0 Å². The molecule has 2 rings (SSSR count). The minimum absolute atomic E-state index is 0.0629. The van der Waals surface area contributed by atoms with Gasteiger partial charge in [0.05, 0.1) is 6.10 Å². The van der Waals surface area contributed by atoms with Gasteiger partial charge in [-0.1, -0.05) is 12.8 Å². The van der Waals surface area contributed by atoms with Crippen molar-refractivity contribution in [2.75, 3.05) is 6.54 Å². The van der Waals surface area contributed by atoms with Gasteiger partial charge in [-0.25, -0.2) is 0 Å². The lowest BCUT2D eigenvalue weighted by molar-refractivity contribution is 0.0671. The van der Waals surface area contributed by atoms with Crippen molar-refractivity contribution in [3.63, 3.8) is 0 Å². The third kappa shape index (κ3) is 3.44. The molecule has 2 atom stereocenters. The van der Waals surface area contributed by atoms with E-state index in [4.69, 9.17) is 5.73 Å². The summed E-state index contributed by atoms with van der Waals surface area (Å²) in [6.45, 7) is 1.00. The third-order valence-corrected chi connectivity index (χ3v) is 4.31. The predicted molar refractivity (Wildman–Crippen MR) is 66.2 cm³/mol. The van der Waals surface area contributed by atoms with Crippen molar-refractivity contribution in [2.24, 2.45) is 11.7 Å². The molecule has 94 valence electrons. The normalized spacial score (nSPS) is 40.9. The van der Waals surface area contributed by atoms with Crippen LogP contribution in [0.2, 0.25) is 0 Å². The zero-order valence-corrected chi connectivity index (χ0v) is 10.2. The molecule has 0 amide bonds. The monoisotopic (exact) mass is 226 g/mol. The van der Waals surface area contributed by atoms with Crippen LogP contribution in [-0.4, -0.2) is 29.8 Å². The first-order valence-electron chi connectivity index (χ1n) is 6.92. The van der Waals surface area contributed by atoms with Crippen LogP contribution in [0.15, 0.2) is 0 Å². The van der Waals surface area contributed by atoms with E-state index in [0.29, 0.717) is 18.0 Å². The Hall–Kier alpha value is -0.120. The maximum atomic E-state index is 9.88. The Kier molecular flexibility index (Phi) is 4.62. The Morgan fingerprint density at radius 1 is 1.00 bits per heavy atom. The van der Waals surface area contributed by atoms with E-state index in [1.807, 2.05) is 0 Å². The van der Waals surface area contributed by atoms with Crippen molar-refractivity contribution >= 4 is 0 Å². The second kappa shape index (κ2) is 5.99. The average Bonchev–Trinajstić information content (AvgIpc) is 2.30. The topological polar surface area (TPSA) is 58.3 Å². The van der Waals surface area contributed by atoms with Crippen LogP contribution >= 0.6 is 0 Å². The summed E-state index contributed by atoms with van der Waals surface area (Å²) in [5.74, 6) is 0.490. The molecule has 0 aromatic heterocycles. The molecule has 0 aromatic rings. The highest BCUT2D eigenvalue weighted by Gasteiger charge is 2.24. The molecule has 2 saturated carbocycles. The molecule has 0 saturated heterocycles. The van der Waals surface area contributed by atoms with Crippen LogP contribution in [0.4, 0.5) is 0 Å². The molecule has 3 nitrogen and oxygen atoms in total. The summed E-state index contributed by atoms with van der Waals surface area (Å²) in [6, 6.07) is 1.08. The first-order valence-corrected chi connectivity index (χ1v) is 6.92. The van der Waals surface area contributed by atoms with E-state index in [1.165, 1.54) is 32.1 Å². The van der Waals surface area contributed by atoms with Crippen LogP contribution in [-0.2, 0) is 0 Å². The lowest BCUT2D eigenvalue weighted by Crippen LogP contribution is -2.42. The van der Waals surface area contributed by atoms with Gasteiger partial charge in [0.1, 0.15) is 0 Å². The molecule has 3 heteroatoms. The van der Waals surface area contributed by atoms with Crippen LogP contribution < -0.4 is 11.1 Å². The molecule has 0 bridgehead atoms. The molecule has 0 aromatic carbocycles. The van der Waals surface area contributed by atoms with Gasteiger partial charge in [-0.15, -0.1) is 0 Å². The molecule has 2 aliphatic rings. The first kappa shape index (κ1) is 12.3. The number of hydrogen-bond acceptors (Lipinski definition) is 3. The zero-order chi connectivity index (χ0) is 11.4. The first-order chi connectivity index (χ1) is 7.75. The highest BCUT2D eigenvalue weighted by Crippen LogP contribution is 2.24. The number of aliphatic hydroxyl groups excluding tert-OH is 1. The Morgan fingerprint density at radius 3 is 2.38 bits per heavy atom. The maximum Gasteiger partial charge on any atom is 0.0580 e. The number of hydrogen-bond donors (Lipinski definition) is 3. The fourth-order valence-corrected chi connectivity index (χ4v) is 3.07. The highest BCUT2D eigenvalue weighted by atomic mass is 16.3. The van der Waals surface area contributed by atoms with E-state index in [0.717, 1.165) is 25.8 Å². The number of rotatable bonds is 3. The van der Waals surface area contributed by atoms with Crippen LogP contribution in [0.25, 0.3) is 0 Å². The van der Waals surface area contributed by atoms with Crippen molar-refractivity contribution in [1.82, 2.24) is 5.32 Å². The largest absolute Gasteiger partial charge is 0.393 e. The lowest BCUT2D eigenvalue weighted by Gasteiger charge is -2.32. The van der Waals surface area contributed by atoms with E-state index < -0.39 is 0 Å². The molecule has 16 heavy (non-hydrogen) atoms. The summed E-state index contributed by atoms with van der Waals surface area (Å²) in [4.78, 5) is 0. The molecule has 0 aliphatic heterocycles. The summed E-state index contributed by atoms with van der Waals surface area (Å²) in [5.41, 5.74) is 5.89. The van der Waals surface area contributed by atoms with Gasteiger partial charge in [0, 0.05) is 18.6 Å². The Labute approximate surface area is 98.8 Å². The quantitative estimate of drug-likeness (QED) is 0.682. The third-order valence-electron chi connectivity index (χ3n) is 4.31. The highest BCUT2D eigenvalue weighted by molar-refractivity contribution is 4.82. The molecular formula is C13H26N2O. The van der Waals surface area contributed by atoms with Gasteiger partial charge < -0.3 is 16.2 Å². The Morgan fingerprint density at radius 2 is 1.69 bits per heavy atom. The Bertz CT molecular complexity index is 202. The molecule has 2 aliphatic carbocycles. The van der Waals surface area contributed by atoms with Gasteiger partial charge in [-0.2, -0.15) is 0 Å². The summed E-state index contributed by atoms with van der Waals surface area (Å²) in [5, 5.41) is 13.5. The fourth-order valence-electron chi connectivity index (χ4n) is 3.07. The minimum atomic E-state index is -0.0629. The van der Waals surface area contributed by atoms with Crippen molar-refractivity contribution in [2.45, 2.75) is 69.6 Å². The molecule has 0 spiro atoms. The van der Waals surface area contributed by atoms with E-state index in [-0.39, 0.29) is 6.10 Å². The van der Waals surface area contributed by atoms with Gasteiger partial charge in [0.25, 0.3) is 0 Å². The van der Waals surface area contributed by atoms with Crippen LogP contribution in [0.5, 0.6) is 0 Å². The average molecular weight is 226 g/mol. The van der Waals surface area contributed by atoms with Gasteiger partial charge in [-0.05, 0) is 44.4 Å². The summed E-state index contributed by atoms with van der Waals surface area (Å²) >= 11 is 0. The second-order valence-corrected chi connectivity index (χ2v) is 5.63. The Balaban J connectivity index is 1.66. The van der Waals surface area contributed by atoms with Gasteiger partial charge >= 0.3 is 0 Å². The minimum Gasteiger partial charge on any atom is -0.393 e. The summed E-state index contributed by atoms with van der Waals surface area (Å²) in [6.07, 6.45) is 9.37. The van der Waals surface area contributed by atoms with E-state index in [2.05, 4.69) is 5.32 Å². The van der Waals surface area contributed by atoms with Crippen molar-refractivity contribution in [1.29, 1.82) is 0 Å². The van der Waals surface area contributed by atoms with Crippen molar-refractivity contribution < 1.29 is 5.11 Å². The predicted octanol–water partition coefficient (Wildman–Crippen LogP) is 1.40. The zero-order valence-electron chi connectivity index (χ0n) is 10.2. The molecule has 0 heterocycles. The number of nitrogens with one attached hydrogen (secondary N) is 1. The molecule has 4 N–H and O–H groups in total. The lowest BCUT2D eigenvalue weighted by atomic mass is 9.85. The standard InChI is InChI=1S/C13H26N2O/c14-11-5-7-12(8-6-11)15-9-10-3-1-2-4-13(10)16/h10-13,15-16H,1-9,14H2. The van der Waals surface area contributed by atoms with Crippen LogP contribution in [0.3, 0.4) is 0 Å². The van der Waals surface area contributed by atoms with E-state index in [1.54, 1.807) is 0 Å². The van der Waals surface area contributed by atoms with E-state index in [9.17, 15) is 5.11 Å². The molecular weight excluding hydrogens is 200 g/mol. The van der Waals surface area contributed by atoms with Gasteiger partial charge in [-0.3, -0.25) is 0 Å². The van der Waals surface area contributed by atoms with E-state index >= 15 is 0 Å². The van der Waals surface area contributed by atoms with Crippen molar-refractivity contribution in [3.05, 3.63) is 0 Å². The van der Waals surface area contributed by atoms with Crippen LogP contribution in [0, 0.1) is 5.92 Å². The maximum absolute atomic E-state index is 9.88. The summed E-state index contributed by atoms with van der Waals surface area (Å²) < 4.78 is 0. The fraction of sp³-hybridized carbons (Fsp3) is 1.00. The molecule has 0 radical (unpaired) electrons. The molecule has 2 unspecified atom stereocenters. The molecule has 2 fully saturated rings. The SMILES string of the molecule is NC1CCC(NCC2CCCCC2O)CC1. The van der Waals surface area contributed by atoms with Crippen molar-refractivity contribution in [3.8, 4) is 0 Å². The smallest absolute Gasteiger partial charge is 0.0580 e. The second-order valence-electron chi connectivity index (χ2n) is 5.63. The number of nitrogens with two attached hydrogens (primary N) is 1. The summed E-state index contributed by atoms with van der Waals surface area (Å²) in [7, 11) is 0.